The molecule has 0 unspecified atom stereocenters. The first-order chi connectivity index (χ1) is 13.2. The van der Waals surface area contributed by atoms with Crippen LogP contribution in [0.4, 0.5) is 0 Å². The van der Waals surface area contributed by atoms with Gasteiger partial charge in [0.05, 0.1) is 5.41 Å². The van der Waals surface area contributed by atoms with Gasteiger partial charge < -0.3 is 0 Å². The maximum atomic E-state index is 4.21. The highest BCUT2D eigenvalue weighted by Gasteiger charge is 2.46. The van der Waals surface area contributed by atoms with E-state index >= 15 is 0 Å². The molecule has 0 nitrogen and oxygen atoms in total. The van der Waals surface area contributed by atoms with Crippen LogP contribution >= 0.6 is 0 Å². The molecule has 0 aromatic heterocycles. The number of hydrogen-bond donors (Lipinski definition) is 0. The Morgan fingerprint density at radius 1 is 0.630 bits per heavy atom. The summed E-state index contributed by atoms with van der Waals surface area (Å²) in [5.74, 6) is 0. The fourth-order valence-corrected chi connectivity index (χ4v) is 4.21. The summed E-state index contributed by atoms with van der Waals surface area (Å²) in [4.78, 5) is 0. The van der Waals surface area contributed by atoms with Crippen molar-refractivity contribution in [2.45, 2.75) is 19.3 Å². The molecule has 0 radical (unpaired) electrons. The molecule has 2 aromatic carbocycles. The van der Waals surface area contributed by atoms with Gasteiger partial charge in [0.25, 0.3) is 0 Å². The highest BCUT2D eigenvalue weighted by atomic mass is 14.5. The van der Waals surface area contributed by atoms with Gasteiger partial charge in [-0.1, -0.05) is 110 Å². The molecule has 2 aromatic rings. The van der Waals surface area contributed by atoms with E-state index in [2.05, 4.69) is 112 Å². The highest BCUT2D eigenvalue weighted by Crippen LogP contribution is 2.54. The van der Waals surface area contributed by atoms with E-state index in [0.717, 1.165) is 5.57 Å². The Balaban J connectivity index is 2.55. The van der Waals surface area contributed by atoms with Crippen LogP contribution in [-0.2, 0) is 5.41 Å². The van der Waals surface area contributed by atoms with Gasteiger partial charge >= 0.3 is 0 Å². The Hall–Kier alpha value is -3.12. The summed E-state index contributed by atoms with van der Waals surface area (Å²) in [7, 11) is 0. The first-order valence-corrected chi connectivity index (χ1v) is 9.36. The molecule has 3 rings (SSSR count). The van der Waals surface area contributed by atoms with Gasteiger partial charge in [0.2, 0.25) is 0 Å². The van der Waals surface area contributed by atoms with Gasteiger partial charge in [-0.05, 0) is 47.3 Å². The second-order valence-corrected chi connectivity index (χ2v) is 6.54. The third-order valence-corrected chi connectivity index (χ3v) is 5.17. The van der Waals surface area contributed by atoms with E-state index in [1.165, 1.54) is 27.8 Å². The van der Waals surface area contributed by atoms with Crippen LogP contribution in [0.25, 0.3) is 0 Å². The van der Waals surface area contributed by atoms with Gasteiger partial charge in [0.1, 0.15) is 0 Å². The molecule has 1 aliphatic carbocycles. The molecular weight excluding hydrogens is 324 g/mol. The van der Waals surface area contributed by atoms with Crippen molar-refractivity contribution in [1.29, 1.82) is 0 Å². The molecule has 0 aliphatic heterocycles. The van der Waals surface area contributed by atoms with Crippen LogP contribution < -0.4 is 0 Å². The Bertz CT molecular complexity index is 908. The maximum absolute atomic E-state index is 4.21. The zero-order valence-corrected chi connectivity index (χ0v) is 16.2. The molecule has 0 saturated carbocycles. The van der Waals surface area contributed by atoms with Crippen molar-refractivity contribution in [3.63, 3.8) is 0 Å². The number of allylic oxidation sites excluding steroid dienone is 10. The van der Waals surface area contributed by atoms with Gasteiger partial charge in [-0.2, -0.15) is 0 Å². The molecule has 0 bridgehead atoms. The van der Waals surface area contributed by atoms with Crippen LogP contribution in [0, 0.1) is 0 Å². The normalized spacial score (nSPS) is 16.5. The quantitative estimate of drug-likeness (QED) is 0.521. The predicted molar refractivity (Wildman–Crippen MR) is 118 cm³/mol. The second kappa shape index (κ2) is 8.05. The van der Waals surface area contributed by atoms with E-state index in [-0.39, 0.29) is 0 Å². The smallest absolute Gasteiger partial charge is 0.0713 e. The molecule has 0 fully saturated rings. The zero-order chi connectivity index (χ0) is 19.3. The monoisotopic (exact) mass is 350 g/mol. The molecule has 0 N–H and O–H groups in total. The van der Waals surface area contributed by atoms with Crippen molar-refractivity contribution in [3.8, 4) is 0 Å². The second-order valence-electron chi connectivity index (χ2n) is 6.54. The van der Waals surface area contributed by atoms with E-state index in [0.29, 0.717) is 0 Å². The van der Waals surface area contributed by atoms with Crippen molar-refractivity contribution < 1.29 is 0 Å². The fraction of sp³-hybridized carbons (Fsp3) is 0.111. The largest absolute Gasteiger partial charge is 0.0987 e. The minimum atomic E-state index is -0.408. The van der Waals surface area contributed by atoms with Crippen molar-refractivity contribution in [2.75, 3.05) is 0 Å². The lowest BCUT2D eigenvalue weighted by atomic mass is 9.66. The lowest BCUT2D eigenvalue weighted by molar-refractivity contribution is 0.755. The molecule has 0 saturated heterocycles. The van der Waals surface area contributed by atoms with Gasteiger partial charge in [-0.15, -0.1) is 0 Å². The Morgan fingerprint density at radius 2 is 1.15 bits per heavy atom. The number of rotatable bonds is 6. The molecule has 134 valence electrons. The average Bonchev–Trinajstić information content (AvgIpc) is 2.99. The summed E-state index contributed by atoms with van der Waals surface area (Å²) in [6.45, 7) is 12.5. The summed E-state index contributed by atoms with van der Waals surface area (Å²) in [6, 6.07) is 21.4. The number of benzene rings is 2. The molecule has 27 heavy (non-hydrogen) atoms. The van der Waals surface area contributed by atoms with Crippen LogP contribution in [0.2, 0.25) is 0 Å². The van der Waals surface area contributed by atoms with Crippen molar-refractivity contribution in [3.05, 3.63) is 144 Å². The van der Waals surface area contributed by atoms with Gasteiger partial charge in [-0.3, -0.25) is 0 Å². The van der Waals surface area contributed by atoms with Crippen molar-refractivity contribution in [1.82, 2.24) is 0 Å². The number of hydrogen-bond acceptors (Lipinski definition) is 0. The predicted octanol–water partition coefficient (Wildman–Crippen LogP) is 7.10. The van der Waals surface area contributed by atoms with Crippen LogP contribution in [-0.4, -0.2) is 0 Å². The van der Waals surface area contributed by atoms with Gasteiger partial charge in [-0.25, -0.2) is 0 Å². The molecule has 0 atom stereocenters. The molecule has 1 aliphatic rings. The third kappa shape index (κ3) is 2.88. The van der Waals surface area contributed by atoms with Gasteiger partial charge in [0.15, 0.2) is 0 Å². The Kier molecular flexibility index (Phi) is 5.57. The minimum Gasteiger partial charge on any atom is -0.0987 e. The van der Waals surface area contributed by atoms with E-state index < -0.39 is 5.41 Å². The zero-order valence-electron chi connectivity index (χ0n) is 16.2. The van der Waals surface area contributed by atoms with E-state index in [1.54, 1.807) is 0 Å². The van der Waals surface area contributed by atoms with Crippen molar-refractivity contribution >= 4 is 0 Å². The van der Waals surface area contributed by atoms with Crippen LogP contribution in [0.3, 0.4) is 0 Å². The van der Waals surface area contributed by atoms with Crippen LogP contribution in [0.1, 0.15) is 25.0 Å². The lowest BCUT2D eigenvalue weighted by Gasteiger charge is -2.35. The van der Waals surface area contributed by atoms with Crippen LogP contribution in [0.5, 0.6) is 0 Å². The van der Waals surface area contributed by atoms with E-state index in [1.807, 2.05) is 12.2 Å². The SMILES string of the molecule is C=CC1=C(/C=C\C)C(c2ccccc2)(c2ccccc2)C(C=C)=C1/C=C\C. The molecule has 0 heteroatoms. The van der Waals surface area contributed by atoms with E-state index in [4.69, 9.17) is 0 Å². The van der Waals surface area contributed by atoms with Gasteiger partial charge in [0, 0.05) is 0 Å². The first kappa shape index (κ1) is 18.7. The average molecular weight is 351 g/mol. The topological polar surface area (TPSA) is 0 Å². The molecule has 0 amide bonds. The molecule has 0 heterocycles. The first-order valence-electron chi connectivity index (χ1n) is 9.36. The Morgan fingerprint density at radius 3 is 1.56 bits per heavy atom. The summed E-state index contributed by atoms with van der Waals surface area (Å²) in [5, 5.41) is 0. The summed E-state index contributed by atoms with van der Waals surface area (Å²) >= 11 is 0. The van der Waals surface area contributed by atoms with Crippen molar-refractivity contribution in [2.24, 2.45) is 0 Å². The minimum absolute atomic E-state index is 0.408. The fourth-order valence-electron chi connectivity index (χ4n) is 4.21. The summed E-state index contributed by atoms with van der Waals surface area (Å²) < 4.78 is 0. The molecular formula is C27H26. The van der Waals surface area contributed by atoms with E-state index in [9.17, 15) is 0 Å². The summed E-state index contributed by atoms with van der Waals surface area (Å²) in [6.07, 6.45) is 12.6. The Labute approximate surface area is 163 Å². The van der Waals surface area contributed by atoms with Crippen LogP contribution in [0.15, 0.2) is 133 Å². The summed E-state index contributed by atoms with van der Waals surface area (Å²) in [5.41, 5.74) is 6.84. The third-order valence-electron chi connectivity index (χ3n) is 5.17. The lowest BCUT2D eigenvalue weighted by Crippen LogP contribution is -2.30. The molecule has 0 spiro atoms. The maximum Gasteiger partial charge on any atom is 0.0713 e. The highest BCUT2D eigenvalue weighted by molar-refractivity contribution is 5.76. The standard InChI is InChI=1S/C27H26/c1-5-15-24-23(7-3)26(16-6-2)27(25(24)8-4,21-17-11-9-12-18-21)22-19-13-10-14-20-22/h5-20H,3-4H2,1-2H3/b15-5-,16-6-.